The van der Waals surface area contributed by atoms with Crippen LogP contribution in [0.2, 0.25) is 5.02 Å². The van der Waals surface area contributed by atoms with Gasteiger partial charge in [-0.15, -0.1) is 11.3 Å². The summed E-state index contributed by atoms with van der Waals surface area (Å²) in [6, 6.07) is 5.19. The van der Waals surface area contributed by atoms with Crippen molar-refractivity contribution in [1.29, 1.82) is 0 Å². The summed E-state index contributed by atoms with van der Waals surface area (Å²) in [5, 5.41) is 4.36. The van der Waals surface area contributed by atoms with Crippen LogP contribution in [0.5, 0.6) is 5.75 Å². The molecule has 0 aliphatic carbocycles. The predicted molar refractivity (Wildman–Crippen MR) is 122 cm³/mol. The van der Waals surface area contributed by atoms with Gasteiger partial charge in [-0.2, -0.15) is 0 Å². The summed E-state index contributed by atoms with van der Waals surface area (Å²) < 4.78 is 5.17. The van der Waals surface area contributed by atoms with Crippen molar-refractivity contribution in [3.63, 3.8) is 0 Å². The van der Waals surface area contributed by atoms with Gasteiger partial charge in [0.1, 0.15) is 22.2 Å². The number of piperazine rings is 1. The molecular formula is C21H25ClN5O2S+. The minimum absolute atomic E-state index is 0.178. The second-order valence-corrected chi connectivity index (χ2v) is 8.98. The number of carbonyl (C=O) groups is 1. The molecule has 7 nitrogen and oxygen atoms in total. The van der Waals surface area contributed by atoms with E-state index in [0.29, 0.717) is 21.3 Å². The zero-order chi connectivity index (χ0) is 21.4. The molecular weight excluding hydrogens is 422 g/mol. The Kier molecular flexibility index (Phi) is 5.81. The van der Waals surface area contributed by atoms with Crippen LogP contribution < -0.4 is 19.9 Å². The molecule has 0 saturated carbocycles. The fourth-order valence-corrected chi connectivity index (χ4v) is 5.07. The summed E-state index contributed by atoms with van der Waals surface area (Å²) in [5.74, 6) is 2.05. The minimum atomic E-state index is -0.178. The molecule has 4 rings (SSSR count). The average molecular weight is 447 g/mol. The van der Waals surface area contributed by atoms with Crippen molar-refractivity contribution < 1.29 is 14.4 Å². The normalized spacial score (nSPS) is 14.9. The minimum Gasteiger partial charge on any atom is -0.495 e. The van der Waals surface area contributed by atoms with Crippen LogP contribution in [0.25, 0.3) is 10.2 Å². The van der Waals surface area contributed by atoms with Crippen molar-refractivity contribution >= 4 is 50.6 Å². The molecule has 1 aromatic carbocycles. The number of nitrogens with one attached hydrogen (secondary N) is 2. The molecule has 2 N–H and O–H groups in total. The van der Waals surface area contributed by atoms with Crippen LogP contribution in [0.15, 0.2) is 18.2 Å². The number of hydrogen-bond acceptors (Lipinski definition) is 6. The van der Waals surface area contributed by atoms with Crippen LogP contribution >= 0.6 is 22.9 Å². The Hall–Kier alpha value is -2.42. The number of ether oxygens (including phenoxy) is 1. The second kappa shape index (κ2) is 8.37. The molecule has 3 heterocycles. The van der Waals surface area contributed by atoms with E-state index in [1.54, 1.807) is 25.3 Å². The van der Waals surface area contributed by atoms with Gasteiger partial charge in [-0.25, -0.2) is 9.97 Å². The highest BCUT2D eigenvalue weighted by molar-refractivity contribution is 7.20. The van der Waals surface area contributed by atoms with Crippen molar-refractivity contribution in [2.24, 2.45) is 0 Å². The van der Waals surface area contributed by atoms with E-state index in [4.69, 9.17) is 21.3 Å². The van der Waals surface area contributed by atoms with Gasteiger partial charge in [-0.1, -0.05) is 11.6 Å². The third-order valence-corrected chi connectivity index (χ3v) is 6.90. The van der Waals surface area contributed by atoms with E-state index in [9.17, 15) is 4.79 Å². The molecule has 0 atom stereocenters. The van der Waals surface area contributed by atoms with Crippen molar-refractivity contribution in [3.05, 3.63) is 39.5 Å². The lowest BCUT2D eigenvalue weighted by molar-refractivity contribution is -0.880. The highest BCUT2D eigenvalue weighted by Crippen LogP contribution is 2.36. The molecule has 1 aliphatic rings. The summed E-state index contributed by atoms with van der Waals surface area (Å²) in [4.78, 5) is 27.7. The highest BCUT2D eigenvalue weighted by Gasteiger charge is 2.25. The molecule has 0 unspecified atom stereocenters. The SMILES string of the molecule is COc1ccc(NC(=O)c2sc3nc(C)nc(N4CC[NH+](C)CC4)c3c2C)cc1Cl. The Morgan fingerprint density at radius 1 is 1.27 bits per heavy atom. The topological polar surface area (TPSA) is 71.8 Å². The first-order chi connectivity index (χ1) is 14.4. The summed E-state index contributed by atoms with van der Waals surface area (Å²) in [6.45, 7) is 7.90. The lowest BCUT2D eigenvalue weighted by atomic mass is 10.1. The van der Waals surface area contributed by atoms with Crippen LogP contribution in [0.1, 0.15) is 21.1 Å². The van der Waals surface area contributed by atoms with Crippen molar-refractivity contribution in [1.82, 2.24) is 9.97 Å². The molecule has 1 fully saturated rings. The lowest BCUT2D eigenvalue weighted by Gasteiger charge is -2.31. The average Bonchev–Trinajstić information content (AvgIpc) is 3.04. The van der Waals surface area contributed by atoms with Gasteiger partial charge in [-0.3, -0.25) is 4.79 Å². The number of nitrogens with zero attached hydrogens (tertiary/aromatic N) is 3. The van der Waals surface area contributed by atoms with E-state index in [1.165, 1.54) is 16.2 Å². The Labute approximate surface area is 184 Å². The van der Waals surface area contributed by atoms with Gasteiger partial charge >= 0.3 is 0 Å². The van der Waals surface area contributed by atoms with Crippen LogP contribution in [-0.2, 0) is 0 Å². The molecule has 0 radical (unpaired) electrons. The largest absolute Gasteiger partial charge is 0.495 e. The molecule has 1 amide bonds. The first-order valence-electron chi connectivity index (χ1n) is 9.86. The van der Waals surface area contributed by atoms with E-state index >= 15 is 0 Å². The lowest BCUT2D eigenvalue weighted by Crippen LogP contribution is -3.12. The molecule has 1 aliphatic heterocycles. The molecule has 0 spiro atoms. The standard InChI is InChI=1S/C21H24ClN5O2S/c1-12-17-19(27-9-7-26(3)8-10-27)23-13(2)24-21(17)30-18(12)20(28)25-14-5-6-16(29-4)15(22)11-14/h5-6,11H,7-10H2,1-4H3,(H,25,28)/p+1. The van der Waals surface area contributed by atoms with E-state index in [1.807, 2.05) is 13.8 Å². The number of likely N-dealkylation sites (N-methyl/N-ethyl adjacent to an activating group) is 1. The Balaban J connectivity index is 1.68. The number of benzene rings is 1. The highest BCUT2D eigenvalue weighted by atomic mass is 35.5. The van der Waals surface area contributed by atoms with Crippen LogP contribution in [0.4, 0.5) is 11.5 Å². The maximum absolute atomic E-state index is 13.0. The summed E-state index contributed by atoms with van der Waals surface area (Å²) >= 11 is 7.59. The van der Waals surface area contributed by atoms with E-state index < -0.39 is 0 Å². The Bertz CT molecular complexity index is 1110. The number of aromatic nitrogens is 2. The van der Waals surface area contributed by atoms with Crippen LogP contribution in [0.3, 0.4) is 0 Å². The fraction of sp³-hybridized carbons (Fsp3) is 0.381. The van der Waals surface area contributed by atoms with Crippen LogP contribution in [-0.4, -0.2) is 56.2 Å². The number of anilines is 2. The Morgan fingerprint density at radius 3 is 2.67 bits per heavy atom. The molecule has 158 valence electrons. The van der Waals surface area contributed by atoms with Gasteiger partial charge in [0.2, 0.25) is 0 Å². The maximum atomic E-state index is 13.0. The zero-order valence-corrected chi connectivity index (χ0v) is 19.1. The van der Waals surface area contributed by atoms with Gasteiger partial charge in [0.05, 0.1) is 55.6 Å². The third-order valence-electron chi connectivity index (χ3n) is 5.42. The predicted octanol–water partition coefficient (Wildman–Crippen LogP) is 2.56. The fourth-order valence-electron chi connectivity index (χ4n) is 3.70. The van der Waals surface area contributed by atoms with Gasteiger partial charge < -0.3 is 19.9 Å². The quantitative estimate of drug-likeness (QED) is 0.644. The number of hydrogen-bond donors (Lipinski definition) is 2. The number of rotatable bonds is 4. The van der Waals surface area contributed by atoms with Crippen molar-refractivity contribution in [2.45, 2.75) is 13.8 Å². The smallest absolute Gasteiger partial charge is 0.266 e. The Morgan fingerprint density at radius 2 is 2.00 bits per heavy atom. The van der Waals surface area contributed by atoms with Gasteiger partial charge in [0.15, 0.2) is 0 Å². The third kappa shape index (κ3) is 3.95. The number of carbonyl (C=O) groups excluding carboxylic acids is 1. The van der Waals surface area contributed by atoms with E-state index in [-0.39, 0.29) is 5.91 Å². The van der Waals surface area contributed by atoms with Gasteiger partial charge in [-0.05, 0) is 37.6 Å². The van der Waals surface area contributed by atoms with E-state index in [0.717, 1.165) is 53.6 Å². The monoisotopic (exact) mass is 446 g/mol. The first kappa shape index (κ1) is 20.8. The molecule has 9 heteroatoms. The van der Waals surface area contributed by atoms with Crippen molar-refractivity contribution in [3.8, 4) is 5.75 Å². The summed E-state index contributed by atoms with van der Waals surface area (Å²) in [5.41, 5.74) is 1.53. The molecule has 3 aromatic rings. The number of fused-ring (bicyclic) bond motifs is 1. The molecule has 1 saturated heterocycles. The second-order valence-electron chi connectivity index (χ2n) is 7.58. The maximum Gasteiger partial charge on any atom is 0.266 e. The molecule has 30 heavy (non-hydrogen) atoms. The number of halogens is 1. The number of quaternary nitrogens is 1. The van der Waals surface area contributed by atoms with E-state index in [2.05, 4.69) is 22.2 Å². The molecule has 0 bridgehead atoms. The van der Waals surface area contributed by atoms with Crippen molar-refractivity contribution in [2.75, 3.05) is 50.6 Å². The number of amides is 1. The number of methoxy groups -OCH3 is 1. The summed E-state index contributed by atoms with van der Waals surface area (Å²) in [6.07, 6.45) is 0. The number of thiophene rings is 1. The zero-order valence-electron chi connectivity index (χ0n) is 17.5. The first-order valence-corrected chi connectivity index (χ1v) is 11.1. The molecule has 2 aromatic heterocycles. The number of aryl methyl sites for hydroxylation is 2. The summed E-state index contributed by atoms with van der Waals surface area (Å²) in [7, 11) is 3.77. The van der Waals surface area contributed by atoms with Gasteiger partial charge in [0.25, 0.3) is 5.91 Å². The van der Waals surface area contributed by atoms with Crippen LogP contribution in [0, 0.1) is 13.8 Å². The van der Waals surface area contributed by atoms with Gasteiger partial charge in [0, 0.05) is 5.69 Å².